The summed E-state index contributed by atoms with van der Waals surface area (Å²) in [6.45, 7) is 0. The number of aldehydes is 1. The zero-order valence-electron chi connectivity index (χ0n) is 11.4. The van der Waals surface area contributed by atoms with E-state index in [9.17, 15) is 4.79 Å². The quantitative estimate of drug-likeness (QED) is 0.689. The first kappa shape index (κ1) is 13.1. The van der Waals surface area contributed by atoms with Gasteiger partial charge in [-0.15, -0.1) is 5.10 Å². The van der Waals surface area contributed by atoms with E-state index in [2.05, 4.69) is 10.3 Å². The first-order chi connectivity index (χ1) is 10.3. The van der Waals surface area contributed by atoms with Crippen LogP contribution in [0.1, 0.15) is 10.4 Å². The van der Waals surface area contributed by atoms with Crippen molar-refractivity contribution in [2.45, 2.75) is 0 Å². The number of carbonyl (C=O) groups excluding carboxylic acids is 1. The van der Waals surface area contributed by atoms with Gasteiger partial charge in [-0.3, -0.25) is 4.79 Å². The van der Waals surface area contributed by atoms with Crippen LogP contribution in [0, 0.1) is 0 Å². The third kappa shape index (κ3) is 2.53. The van der Waals surface area contributed by atoms with Gasteiger partial charge < -0.3 is 4.74 Å². The molecule has 0 spiro atoms. The fraction of sp³-hybridized carbons (Fsp3) is 0.0625. The Morgan fingerprint density at radius 1 is 1.14 bits per heavy atom. The van der Waals surface area contributed by atoms with Crippen molar-refractivity contribution in [2.75, 3.05) is 7.11 Å². The number of benzene rings is 2. The lowest BCUT2D eigenvalue weighted by Gasteiger charge is -2.02. The molecule has 0 aliphatic heterocycles. The van der Waals surface area contributed by atoms with E-state index in [1.54, 1.807) is 24.1 Å². The van der Waals surface area contributed by atoms with Crippen LogP contribution in [0.3, 0.4) is 0 Å². The highest BCUT2D eigenvalue weighted by atomic mass is 16.5. The third-order valence-electron chi connectivity index (χ3n) is 3.17. The summed E-state index contributed by atoms with van der Waals surface area (Å²) in [5.74, 6) is 0.760. The molecule has 0 saturated heterocycles. The highest BCUT2D eigenvalue weighted by molar-refractivity contribution is 5.80. The Labute approximate surface area is 121 Å². The molecule has 104 valence electrons. The van der Waals surface area contributed by atoms with Gasteiger partial charge in [-0.2, -0.15) is 0 Å². The summed E-state index contributed by atoms with van der Waals surface area (Å²) in [5, 5.41) is 8.25. The molecule has 5 nitrogen and oxygen atoms in total. The van der Waals surface area contributed by atoms with Crippen LogP contribution in [-0.4, -0.2) is 28.4 Å². The van der Waals surface area contributed by atoms with E-state index in [1.165, 1.54) is 0 Å². The molecule has 0 saturated carbocycles. The summed E-state index contributed by atoms with van der Waals surface area (Å²) >= 11 is 0. The minimum Gasteiger partial charge on any atom is -0.497 e. The molecular formula is C16H13N3O2. The van der Waals surface area contributed by atoms with Gasteiger partial charge in [-0.1, -0.05) is 29.5 Å². The van der Waals surface area contributed by atoms with Gasteiger partial charge in [-0.05, 0) is 24.3 Å². The van der Waals surface area contributed by atoms with E-state index in [0.29, 0.717) is 11.3 Å². The Kier molecular flexibility index (Phi) is 3.47. The second-order valence-electron chi connectivity index (χ2n) is 4.46. The van der Waals surface area contributed by atoms with Gasteiger partial charge in [0.1, 0.15) is 11.4 Å². The molecule has 0 atom stereocenters. The van der Waals surface area contributed by atoms with E-state index >= 15 is 0 Å². The SMILES string of the molecule is COc1cccc(-c2cn(-c3ccccc3C=O)nn2)c1. The minimum atomic E-state index is 0.569. The number of para-hydroxylation sites is 1. The molecule has 0 aliphatic carbocycles. The molecule has 21 heavy (non-hydrogen) atoms. The molecule has 2 aromatic carbocycles. The van der Waals surface area contributed by atoms with E-state index in [4.69, 9.17) is 4.74 Å². The number of hydrogen-bond donors (Lipinski definition) is 0. The predicted octanol–water partition coefficient (Wildman–Crippen LogP) is 2.76. The molecule has 0 N–H and O–H groups in total. The molecule has 0 amide bonds. The summed E-state index contributed by atoms with van der Waals surface area (Å²) < 4.78 is 6.80. The summed E-state index contributed by atoms with van der Waals surface area (Å²) in [5.41, 5.74) is 2.90. The molecule has 0 unspecified atom stereocenters. The van der Waals surface area contributed by atoms with Gasteiger partial charge in [0.05, 0.1) is 19.0 Å². The monoisotopic (exact) mass is 279 g/mol. The van der Waals surface area contributed by atoms with E-state index in [-0.39, 0.29) is 0 Å². The fourth-order valence-electron chi connectivity index (χ4n) is 2.09. The van der Waals surface area contributed by atoms with Gasteiger partial charge in [0.25, 0.3) is 0 Å². The molecule has 3 rings (SSSR count). The largest absolute Gasteiger partial charge is 0.497 e. The number of aromatic nitrogens is 3. The number of ether oxygens (including phenoxy) is 1. The smallest absolute Gasteiger partial charge is 0.152 e. The number of methoxy groups -OCH3 is 1. The van der Waals surface area contributed by atoms with Crippen molar-refractivity contribution >= 4 is 6.29 Å². The predicted molar refractivity (Wildman–Crippen MR) is 78.7 cm³/mol. The van der Waals surface area contributed by atoms with Crippen LogP contribution < -0.4 is 4.74 Å². The zero-order chi connectivity index (χ0) is 14.7. The summed E-state index contributed by atoms with van der Waals surface area (Å²) in [7, 11) is 1.62. The molecular weight excluding hydrogens is 266 g/mol. The van der Waals surface area contributed by atoms with Gasteiger partial charge in [0, 0.05) is 11.1 Å². The van der Waals surface area contributed by atoms with Gasteiger partial charge in [0.2, 0.25) is 0 Å². The summed E-state index contributed by atoms with van der Waals surface area (Å²) in [6.07, 6.45) is 2.60. The van der Waals surface area contributed by atoms with Crippen molar-refractivity contribution in [3.63, 3.8) is 0 Å². The second-order valence-corrected chi connectivity index (χ2v) is 4.46. The Morgan fingerprint density at radius 3 is 2.81 bits per heavy atom. The van der Waals surface area contributed by atoms with Gasteiger partial charge >= 0.3 is 0 Å². The number of rotatable bonds is 4. The van der Waals surface area contributed by atoms with E-state index in [1.807, 2.05) is 42.5 Å². The van der Waals surface area contributed by atoms with Crippen LogP contribution in [0.5, 0.6) is 5.75 Å². The normalized spacial score (nSPS) is 10.3. The Hall–Kier alpha value is -2.95. The highest BCUT2D eigenvalue weighted by Crippen LogP contribution is 2.22. The average Bonchev–Trinajstić information content (AvgIpc) is 3.04. The van der Waals surface area contributed by atoms with Crippen molar-refractivity contribution in [3.8, 4) is 22.7 Å². The number of hydrogen-bond acceptors (Lipinski definition) is 4. The topological polar surface area (TPSA) is 57.0 Å². The van der Waals surface area contributed by atoms with Crippen molar-refractivity contribution in [3.05, 3.63) is 60.3 Å². The van der Waals surface area contributed by atoms with Crippen molar-refractivity contribution in [1.29, 1.82) is 0 Å². The highest BCUT2D eigenvalue weighted by Gasteiger charge is 2.08. The number of nitrogens with zero attached hydrogens (tertiary/aromatic N) is 3. The number of carbonyl (C=O) groups is 1. The van der Waals surface area contributed by atoms with Crippen LogP contribution in [0.25, 0.3) is 16.9 Å². The van der Waals surface area contributed by atoms with E-state index < -0.39 is 0 Å². The standard InChI is InChI=1S/C16H13N3O2/c1-21-14-7-4-6-12(9-14)15-10-19(18-17-15)16-8-3-2-5-13(16)11-20/h2-11H,1H3. The first-order valence-corrected chi connectivity index (χ1v) is 6.43. The molecule has 5 heteroatoms. The molecule has 1 aromatic heterocycles. The minimum absolute atomic E-state index is 0.569. The lowest BCUT2D eigenvalue weighted by atomic mass is 10.1. The zero-order valence-corrected chi connectivity index (χ0v) is 11.4. The summed E-state index contributed by atoms with van der Waals surface area (Å²) in [4.78, 5) is 11.1. The van der Waals surface area contributed by atoms with Crippen LogP contribution in [-0.2, 0) is 0 Å². The molecule has 0 fully saturated rings. The van der Waals surface area contributed by atoms with Crippen molar-refractivity contribution in [1.82, 2.24) is 15.0 Å². The fourth-order valence-corrected chi connectivity index (χ4v) is 2.09. The third-order valence-corrected chi connectivity index (χ3v) is 3.17. The lowest BCUT2D eigenvalue weighted by molar-refractivity contribution is 0.112. The average molecular weight is 279 g/mol. The Morgan fingerprint density at radius 2 is 2.00 bits per heavy atom. The maximum atomic E-state index is 11.1. The lowest BCUT2D eigenvalue weighted by Crippen LogP contribution is -1.99. The summed E-state index contributed by atoms with van der Waals surface area (Å²) in [6, 6.07) is 14.8. The van der Waals surface area contributed by atoms with Crippen LogP contribution >= 0.6 is 0 Å². The van der Waals surface area contributed by atoms with Crippen LogP contribution in [0.2, 0.25) is 0 Å². The Bertz CT molecular complexity index is 780. The maximum absolute atomic E-state index is 11.1. The Balaban J connectivity index is 2.01. The maximum Gasteiger partial charge on any atom is 0.152 e. The van der Waals surface area contributed by atoms with Gasteiger partial charge in [0.15, 0.2) is 6.29 Å². The molecule has 3 aromatic rings. The van der Waals surface area contributed by atoms with Crippen LogP contribution in [0.15, 0.2) is 54.7 Å². The molecule has 0 aliphatic rings. The molecule has 0 radical (unpaired) electrons. The van der Waals surface area contributed by atoms with Crippen LogP contribution in [0.4, 0.5) is 0 Å². The first-order valence-electron chi connectivity index (χ1n) is 6.43. The second kappa shape index (κ2) is 5.58. The van der Waals surface area contributed by atoms with Crippen molar-refractivity contribution in [2.24, 2.45) is 0 Å². The molecule has 0 bridgehead atoms. The van der Waals surface area contributed by atoms with E-state index in [0.717, 1.165) is 23.3 Å². The van der Waals surface area contributed by atoms with Crippen molar-refractivity contribution < 1.29 is 9.53 Å². The molecule has 1 heterocycles. The van der Waals surface area contributed by atoms with Gasteiger partial charge in [-0.25, -0.2) is 4.68 Å².